The highest BCUT2D eigenvalue weighted by Gasteiger charge is 2.27. The highest BCUT2D eigenvalue weighted by atomic mass is 79.9. The number of halogens is 3. The lowest BCUT2D eigenvalue weighted by Gasteiger charge is -2.15. The molecule has 0 aliphatic rings. The van der Waals surface area contributed by atoms with Crippen molar-refractivity contribution in [2.24, 2.45) is 7.05 Å². The maximum absolute atomic E-state index is 12.9. The highest BCUT2D eigenvalue weighted by molar-refractivity contribution is 9.10. The maximum atomic E-state index is 12.9. The fraction of sp³-hybridized carbons (Fsp3) is 0.400. The highest BCUT2D eigenvalue weighted by Crippen LogP contribution is 2.39. The maximum Gasteiger partial charge on any atom is 0.265 e. The van der Waals surface area contributed by atoms with Crippen LogP contribution in [0.3, 0.4) is 0 Å². The minimum absolute atomic E-state index is 0.0105. The van der Waals surface area contributed by atoms with Gasteiger partial charge in [0.1, 0.15) is 4.90 Å². The Hall–Kier alpha value is -0.800. The zero-order chi connectivity index (χ0) is 18.9. The Morgan fingerprint density at radius 2 is 2.00 bits per heavy atom. The first-order valence-electron chi connectivity index (χ1n) is 7.40. The Morgan fingerprint density at radius 3 is 2.52 bits per heavy atom. The predicted octanol–water partition coefficient (Wildman–Crippen LogP) is 3.83. The number of aryl methyl sites for hydroxylation is 2. The molecule has 2 rings (SSSR count). The van der Waals surface area contributed by atoms with Gasteiger partial charge in [-0.15, -0.1) is 0 Å². The van der Waals surface area contributed by atoms with Gasteiger partial charge in [-0.3, -0.25) is 9.40 Å². The molecule has 0 unspecified atom stereocenters. The quantitative estimate of drug-likeness (QED) is 0.671. The topological polar surface area (TPSA) is 84.2 Å². The molecular weight excluding hydrogens is 453 g/mol. The van der Waals surface area contributed by atoms with Gasteiger partial charge in [-0.25, -0.2) is 8.42 Å². The molecule has 1 aromatic heterocycles. The van der Waals surface area contributed by atoms with E-state index in [0.29, 0.717) is 40.0 Å². The summed E-state index contributed by atoms with van der Waals surface area (Å²) in [4.78, 5) is -0.186. The Labute approximate surface area is 165 Å². The second-order valence-electron chi connectivity index (χ2n) is 5.56. The van der Waals surface area contributed by atoms with Crippen molar-refractivity contribution in [3.8, 4) is 0 Å². The molecule has 0 fully saturated rings. The van der Waals surface area contributed by atoms with Crippen molar-refractivity contribution in [2.45, 2.75) is 31.6 Å². The van der Waals surface area contributed by atoms with Gasteiger partial charge < -0.3 is 5.11 Å². The molecule has 0 bridgehead atoms. The van der Waals surface area contributed by atoms with Crippen LogP contribution in [0.5, 0.6) is 0 Å². The predicted molar refractivity (Wildman–Crippen MR) is 103 cm³/mol. The van der Waals surface area contributed by atoms with Crippen LogP contribution < -0.4 is 4.72 Å². The molecule has 0 spiro atoms. The summed E-state index contributed by atoms with van der Waals surface area (Å²) < 4.78 is 30.5. The Kier molecular flexibility index (Phi) is 6.43. The third kappa shape index (κ3) is 4.14. The Balaban J connectivity index is 2.55. The molecule has 0 aliphatic heterocycles. The summed E-state index contributed by atoms with van der Waals surface area (Å²) in [7, 11) is -2.29. The van der Waals surface area contributed by atoms with Gasteiger partial charge in [0, 0.05) is 18.1 Å². The molecule has 0 saturated carbocycles. The van der Waals surface area contributed by atoms with E-state index in [1.807, 2.05) is 0 Å². The molecule has 0 atom stereocenters. The normalized spacial score (nSPS) is 11.8. The Bertz CT molecular complexity index is 913. The van der Waals surface area contributed by atoms with Crippen molar-refractivity contribution >= 4 is 54.8 Å². The number of sulfonamides is 1. The molecule has 0 amide bonds. The van der Waals surface area contributed by atoms with Crippen LogP contribution in [0, 0.1) is 13.8 Å². The first-order chi connectivity index (χ1) is 11.6. The minimum Gasteiger partial charge on any atom is -0.396 e. The summed E-state index contributed by atoms with van der Waals surface area (Å²) >= 11 is 15.9. The summed E-state index contributed by atoms with van der Waals surface area (Å²) in [5.41, 5.74) is 2.20. The van der Waals surface area contributed by atoms with E-state index in [-0.39, 0.29) is 21.5 Å². The standard InChI is InChI=1S/C15H18BrCl2N3O3S/c1-8-14(9(2)21(3)19-8)20-25(23,24)15-12(17)7-11(16)10(13(15)18)5-4-6-22/h7,20,22H,4-6H2,1-3H3. The number of aliphatic hydroxyl groups is 1. The number of rotatable bonds is 6. The van der Waals surface area contributed by atoms with Crippen LogP contribution in [0.2, 0.25) is 10.0 Å². The van der Waals surface area contributed by atoms with E-state index in [9.17, 15) is 8.42 Å². The van der Waals surface area contributed by atoms with E-state index in [2.05, 4.69) is 25.8 Å². The number of anilines is 1. The number of hydrogen-bond acceptors (Lipinski definition) is 4. The van der Waals surface area contributed by atoms with Crippen molar-refractivity contribution in [3.05, 3.63) is 37.5 Å². The van der Waals surface area contributed by atoms with Crippen LogP contribution >= 0.6 is 39.1 Å². The van der Waals surface area contributed by atoms with E-state index in [1.54, 1.807) is 25.6 Å². The van der Waals surface area contributed by atoms with Gasteiger partial charge in [-0.2, -0.15) is 5.10 Å². The van der Waals surface area contributed by atoms with Gasteiger partial charge in [-0.1, -0.05) is 39.1 Å². The van der Waals surface area contributed by atoms with E-state index in [4.69, 9.17) is 28.3 Å². The zero-order valence-corrected chi connectivity index (χ0v) is 17.8. The third-order valence-corrected chi connectivity index (χ3v) is 6.90. The second-order valence-corrected chi connectivity index (χ2v) is 8.82. The average molecular weight is 471 g/mol. The molecule has 6 nitrogen and oxygen atoms in total. The molecule has 2 aromatic rings. The number of nitrogens with zero attached hydrogens (tertiary/aromatic N) is 2. The second kappa shape index (κ2) is 7.84. The van der Waals surface area contributed by atoms with Crippen molar-refractivity contribution in [3.63, 3.8) is 0 Å². The van der Waals surface area contributed by atoms with E-state index in [0.717, 1.165) is 0 Å². The smallest absolute Gasteiger partial charge is 0.265 e. The van der Waals surface area contributed by atoms with Crippen LogP contribution in [0.4, 0.5) is 5.69 Å². The van der Waals surface area contributed by atoms with Gasteiger partial charge in [0.15, 0.2) is 0 Å². The van der Waals surface area contributed by atoms with E-state index in [1.165, 1.54) is 6.07 Å². The number of nitrogens with one attached hydrogen (secondary N) is 1. The summed E-state index contributed by atoms with van der Waals surface area (Å²) in [5, 5.41) is 13.3. The third-order valence-electron chi connectivity index (χ3n) is 3.82. The van der Waals surface area contributed by atoms with Crippen LogP contribution in [-0.2, 0) is 23.5 Å². The van der Waals surface area contributed by atoms with Crippen molar-refractivity contribution in [1.82, 2.24) is 9.78 Å². The molecule has 138 valence electrons. The molecule has 0 aliphatic carbocycles. The fourth-order valence-corrected chi connectivity index (χ4v) is 5.82. The van der Waals surface area contributed by atoms with Crippen LogP contribution in [0.25, 0.3) is 0 Å². The van der Waals surface area contributed by atoms with E-state index < -0.39 is 10.0 Å². The molecule has 10 heteroatoms. The summed E-state index contributed by atoms with van der Waals surface area (Å²) in [6.45, 7) is 3.44. The number of aromatic nitrogens is 2. The van der Waals surface area contributed by atoms with Gasteiger partial charge in [0.2, 0.25) is 0 Å². The number of hydrogen-bond donors (Lipinski definition) is 2. The minimum atomic E-state index is -4.02. The molecule has 2 N–H and O–H groups in total. The monoisotopic (exact) mass is 469 g/mol. The van der Waals surface area contributed by atoms with E-state index >= 15 is 0 Å². The summed E-state index contributed by atoms with van der Waals surface area (Å²) in [6.07, 6.45) is 0.869. The molecule has 0 saturated heterocycles. The number of benzene rings is 1. The lowest BCUT2D eigenvalue weighted by Crippen LogP contribution is -2.16. The number of aliphatic hydroxyl groups excluding tert-OH is 1. The largest absolute Gasteiger partial charge is 0.396 e. The molecule has 25 heavy (non-hydrogen) atoms. The van der Waals surface area contributed by atoms with Gasteiger partial charge in [-0.05, 0) is 38.3 Å². The van der Waals surface area contributed by atoms with Crippen LogP contribution in [-0.4, -0.2) is 29.9 Å². The molecule has 1 aromatic carbocycles. The lowest BCUT2D eigenvalue weighted by atomic mass is 10.1. The first kappa shape index (κ1) is 20.5. The van der Waals surface area contributed by atoms with Crippen molar-refractivity contribution < 1.29 is 13.5 Å². The summed E-state index contributed by atoms with van der Waals surface area (Å²) in [6, 6.07) is 1.50. The molecular formula is C15H18BrCl2N3O3S. The molecule has 1 heterocycles. The van der Waals surface area contributed by atoms with Gasteiger partial charge >= 0.3 is 0 Å². The zero-order valence-electron chi connectivity index (χ0n) is 13.9. The van der Waals surface area contributed by atoms with Gasteiger partial charge in [0.25, 0.3) is 10.0 Å². The lowest BCUT2D eigenvalue weighted by molar-refractivity contribution is 0.288. The molecule has 0 radical (unpaired) electrons. The van der Waals surface area contributed by atoms with Crippen molar-refractivity contribution in [1.29, 1.82) is 0 Å². The van der Waals surface area contributed by atoms with Crippen LogP contribution in [0.15, 0.2) is 15.4 Å². The average Bonchev–Trinajstić information content (AvgIpc) is 2.72. The fourth-order valence-electron chi connectivity index (χ4n) is 2.45. The Morgan fingerprint density at radius 1 is 1.36 bits per heavy atom. The van der Waals surface area contributed by atoms with Crippen molar-refractivity contribution in [2.75, 3.05) is 11.3 Å². The summed E-state index contributed by atoms with van der Waals surface area (Å²) in [5.74, 6) is 0. The first-order valence-corrected chi connectivity index (χ1v) is 10.4. The van der Waals surface area contributed by atoms with Crippen LogP contribution in [0.1, 0.15) is 23.4 Å². The SMILES string of the molecule is Cc1nn(C)c(C)c1NS(=O)(=O)c1c(Cl)cc(Br)c(CCCO)c1Cl. The van der Waals surface area contributed by atoms with Gasteiger partial charge in [0.05, 0.1) is 27.1 Å².